The highest BCUT2D eigenvalue weighted by molar-refractivity contribution is 7.89. The Bertz CT molecular complexity index is 588. The first-order valence-corrected chi connectivity index (χ1v) is 9.15. The SMILES string of the molecule is Cc1cc(C)c(S(=O)(=O)NC2CCCCCC2)cc1CO. The molecule has 1 saturated carbocycles. The van der Waals surface area contributed by atoms with E-state index in [4.69, 9.17) is 0 Å². The van der Waals surface area contributed by atoms with Crippen LogP contribution in [0.3, 0.4) is 0 Å². The minimum Gasteiger partial charge on any atom is -0.392 e. The molecule has 1 aliphatic rings. The molecule has 0 heterocycles. The Labute approximate surface area is 127 Å². The Morgan fingerprint density at radius 1 is 1.10 bits per heavy atom. The van der Waals surface area contributed by atoms with Gasteiger partial charge >= 0.3 is 0 Å². The number of aryl methyl sites for hydroxylation is 2. The van der Waals surface area contributed by atoms with Gasteiger partial charge in [0.05, 0.1) is 11.5 Å². The fraction of sp³-hybridized carbons (Fsp3) is 0.625. The molecule has 0 unspecified atom stereocenters. The zero-order valence-corrected chi connectivity index (χ0v) is 13.7. The molecular weight excluding hydrogens is 286 g/mol. The minimum absolute atomic E-state index is 0.0378. The Morgan fingerprint density at radius 2 is 1.71 bits per heavy atom. The highest BCUT2D eigenvalue weighted by Gasteiger charge is 2.23. The number of nitrogens with one attached hydrogen (secondary N) is 1. The fourth-order valence-corrected chi connectivity index (χ4v) is 4.60. The van der Waals surface area contributed by atoms with Crippen LogP contribution >= 0.6 is 0 Å². The van der Waals surface area contributed by atoms with Crippen LogP contribution < -0.4 is 4.72 Å². The number of aliphatic hydroxyl groups is 1. The number of hydrogen-bond acceptors (Lipinski definition) is 3. The quantitative estimate of drug-likeness (QED) is 0.840. The van der Waals surface area contributed by atoms with Gasteiger partial charge in [-0.25, -0.2) is 13.1 Å². The van der Waals surface area contributed by atoms with Gasteiger partial charge in [0, 0.05) is 6.04 Å². The van der Waals surface area contributed by atoms with Crippen LogP contribution in [-0.2, 0) is 16.6 Å². The summed E-state index contributed by atoms with van der Waals surface area (Å²) < 4.78 is 28.1. The summed E-state index contributed by atoms with van der Waals surface area (Å²) in [5, 5.41) is 9.34. The minimum atomic E-state index is -3.52. The topological polar surface area (TPSA) is 66.4 Å². The van der Waals surface area contributed by atoms with Crippen molar-refractivity contribution in [2.45, 2.75) is 69.9 Å². The smallest absolute Gasteiger partial charge is 0.241 e. The van der Waals surface area contributed by atoms with Gasteiger partial charge in [0.2, 0.25) is 10.0 Å². The second-order valence-electron chi connectivity index (χ2n) is 6.01. The lowest BCUT2D eigenvalue weighted by Crippen LogP contribution is -2.34. The van der Waals surface area contributed by atoms with E-state index in [1.165, 1.54) is 12.8 Å². The zero-order valence-electron chi connectivity index (χ0n) is 12.9. The molecule has 5 heteroatoms. The van der Waals surface area contributed by atoms with Crippen LogP contribution in [0.25, 0.3) is 0 Å². The summed E-state index contributed by atoms with van der Waals surface area (Å²) in [6, 6.07) is 3.47. The molecule has 2 rings (SSSR count). The van der Waals surface area contributed by atoms with Gasteiger partial charge in [-0.1, -0.05) is 31.7 Å². The highest BCUT2D eigenvalue weighted by Crippen LogP contribution is 2.23. The first-order chi connectivity index (χ1) is 9.94. The van der Waals surface area contributed by atoms with E-state index in [9.17, 15) is 13.5 Å². The van der Waals surface area contributed by atoms with E-state index in [1.807, 2.05) is 13.0 Å². The van der Waals surface area contributed by atoms with Crippen LogP contribution in [0, 0.1) is 13.8 Å². The Kier molecular flexibility index (Phi) is 5.41. The molecule has 1 aliphatic carbocycles. The summed E-state index contributed by atoms with van der Waals surface area (Å²) in [5.41, 5.74) is 2.32. The van der Waals surface area contributed by atoms with Crippen molar-refractivity contribution >= 4 is 10.0 Å². The molecule has 1 fully saturated rings. The first-order valence-electron chi connectivity index (χ1n) is 7.67. The standard InChI is InChI=1S/C16H25NO3S/c1-12-9-13(2)16(10-14(12)11-18)21(19,20)17-15-7-5-3-4-6-8-15/h9-10,15,17-18H,3-8,11H2,1-2H3. The van der Waals surface area contributed by atoms with Crippen LogP contribution in [0.4, 0.5) is 0 Å². The van der Waals surface area contributed by atoms with Crippen molar-refractivity contribution in [2.24, 2.45) is 0 Å². The van der Waals surface area contributed by atoms with E-state index in [1.54, 1.807) is 13.0 Å². The third-order valence-corrected chi connectivity index (χ3v) is 5.93. The lowest BCUT2D eigenvalue weighted by molar-refractivity contribution is 0.280. The number of sulfonamides is 1. The van der Waals surface area contributed by atoms with Crippen molar-refractivity contribution in [1.29, 1.82) is 0 Å². The van der Waals surface area contributed by atoms with E-state index < -0.39 is 10.0 Å². The van der Waals surface area contributed by atoms with Gasteiger partial charge in [0.1, 0.15) is 0 Å². The maximum atomic E-state index is 12.6. The maximum absolute atomic E-state index is 12.6. The maximum Gasteiger partial charge on any atom is 0.241 e. The molecule has 0 bridgehead atoms. The number of aliphatic hydroxyl groups excluding tert-OH is 1. The lowest BCUT2D eigenvalue weighted by atomic mass is 10.1. The molecule has 2 N–H and O–H groups in total. The summed E-state index contributed by atoms with van der Waals surface area (Å²) >= 11 is 0. The van der Waals surface area contributed by atoms with Gasteiger partial charge in [-0.2, -0.15) is 0 Å². The molecule has 0 aliphatic heterocycles. The van der Waals surface area contributed by atoms with Gasteiger partial charge in [0.25, 0.3) is 0 Å². The third kappa shape index (κ3) is 4.05. The summed E-state index contributed by atoms with van der Waals surface area (Å²) in [6.07, 6.45) is 6.38. The van der Waals surface area contributed by atoms with E-state index in [0.29, 0.717) is 10.5 Å². The molecule has 0 amide bonds. The molecule has 0 spiro atoms. The molecule has 1 aromatic rings. The Morgan fingerprint density at radius 3 is 2.29 bits per heavy atom. The van der Waals surface area contributed by atoms with Crippen molar-refractivity contribution in [1.82, 2.24) is 4.72 Å². The number of hydrogen-bond donors (Lipinski definition) is 2. The van der Waals surface area contributed by atoms with Crippen LogP contribution in [0.2, 0.25) is 0 Å². The van der Waals surface area contributed by atoms with Crippen molar-refractivity contribution in [3.05, 3.63) is 28.8 Å². The predicted octanol–water partition coefficient (Wildman–Crippen LogP) is 2.80. The molecule has 21 heavy (non-hydrogen) atoms. The van der Waals surface area contributed by atoms with Crippen molar-refractivity contribution in [2.75, 3.05) is 0 Å². The normalized spacial score (nSPS) is 17.7. The van der Waals surface area contributed by atoms with E-state index in [0.717, 1.165) is 36.8 Å². The van der Waals surface area contributed by atoms with E-state index in [-0.39, 0.29) is 12.6 Å². The Balaban J connectivity index is 2.26. The number of benzene rings is 1. The van der Waals surface area contributed by atoms with E-state index >= 15 is 0 Å². The molecule has 0 radical (unpaired) electrons. The van der Waals surface area contributed by atoms with Crippen molar-refractivity contribution in [3.63, 3.8) is 0 Å². The van der Waals surface area contributed by atoms with Gasteiger partial charge < -0.3 is 5.11 Å². The summed E-state index contributed by atoms with van der Waals surface area (Å²) in [7, 11) is -3.52. The predicted molar refractivity (Wildman–Crippen MR) is 83.7 cm³/mol. The van der Waals surface area contributed by atoms with Crippen LogP contribution in [0.15, 0.2) is 17.0 Å². The van der Waals surface area contributed by atoms with Gasteiger partial charge in [-0.05, 0) is 49.4 Å². The van der Waals surface area contributed by atoms with Gasteiger partial charge in [0.15, 0.2) is 0 Å². The van der Waals surface area contributed by atoms with Gasteiger partial charge in [-0.3, -0.25) is 0 Å². The molecular formula is C16H25NO3S. The molecule has 4 nitrogen and oxygen atoms in total. The Hall–Kier alpha value is -0.910. The van der Waals surface area contributed by atoms with Crippen molar-refractivity contribution < 1.29 is 13.5 Å². The second-order valence-corrected chi connectivity index (χ2v) is 7.69. The average Bonchev–Trinajstić information content (AvgIpc) is 2.66. The lowest BCUT2D eigenvalue weighted by Gasteiger charge is -2.18. The summed E-state index contributed by atoms with van der Waals surface area (Å²) in [4.78, 5) is 0.293. The van der Waals surface area contributed by atoms with Crippen LogP contribution in [-0.4, -0.2) is 19.6 Å². The van der Waals surface area contributed by atoms with Crippen LogP contribution in [0.1, 0.15) is 55.2 Å². The molecule has 0 atom stereocenters. The molecule has 1 aromatic carbocycles. The molecule has 118 valence electrons. The van der Waals surface area contributed by atoms with E-state index in [2.05, 4.69) is 4.72 Å². The zero-order chi connectivity index (χ0) is 15.5. The average molecular weight is 311 g/mol. The summed E-state index contributed by atoms with van der Waals surface area (Å²) in [6.45, 7) is 3.54. The number of rotatable bonds is 4. The third-order valence-electron chi connectivity index (χ3n) is 4.27. The summed E-state index contributed by atoms with van der Waals surface area (Å²) in [5.74, 6) is 0. The molecule has 0 saturated heterocycles. The van der Waals surface area contributed by atoms with Gasteiger partial charge in [-0.15, -0.1) is 0 Å². The monoisotopic (exact) mass is 311 g/mol. The fourth-order valence-electron chi connectivity index (χ4n) is 3.01. The second kappa shape index (κ2) is 6.90. The largest absolute Gasteiger partial charge is 0.392 e. The van der Waals surface area contributed by atoms with Crippen LogP contribution in [0.5, 0.6) is 0 Å². The van der Waals surface area contributed by atoms with Crippen molar-refractivity contribution in [3.8, 4) is 0 Å². The highest BCUT2D eigenvalue weighted by atomic mass is 32.2. The molecule has 0 aromatic heterocycles. The first kappa shape index (κ1) is 16.5.